The standard InChI is InChI=1S/C63H124O5/c1-4-7-10-13-16-19-22-25-28-30-32-34-36-38-41-44-47-50-53-56-62(64)67-60-61(59-66-58-55-52-49-46-43-40-27-24-21-18-15-12-9-6-3)68-63(65)57-54-51-48-45-42-39-37-35-33-31-29-26-23-20-17-14-11-8-5-2/h61H,4-60H2,1-3H3. The van der Waals surface area contributed by atoms with Crippen molar-refractivity contribution in [2.24, 2.45) is 0 Å². The molecule has 0 amide bonds. The van der Waals surface area contributed by atoms with Crippen LogP contribution in [0.25, 0.3) is 0 Å². The van der Waals surface area contributed by atoms with E-state index in [1.165, 1.54) is 302 Å². The van der Waals surface area contributed by atoms with Crippen LogP contribution in [0.1, 0.15) is 367 Å². The Morgan fingerprint density at radius 1 is 0.265 bits per heavy atom. The van der Waals surface area contributed by atoms with Gasteiger partial charge in [0.05, 0.1) is 6.61 Å². The molecule has 0 saturated carbocycles. The van der Waals surface area contributed by atoms with Crippen molar-refractivity contribution < 1.29 is 23.8 Å². The number of hydrogen-bond donors (Lipinski definition) is 0. The number of rotatable bonds is 60. The smallest absolute Gasteiger partial charge is 0.306 e. The Morgan fingerprint density at radius 2 is 0.485 bits per heavy atom. The molecule has 1 unspecified atom stereocenters. The molecule has 0 aromatic heterocycles. The van der Waals surface area contributed by atoms with Crippen LogP contribution in [-0.2, 0) is 23.8 Å². The summed E-state index contributed by atoms with van der Waals surface area (Å²) in [4.78, 5) is 25.6. The minimum Gasteiger partial charge on any atom is -0.462 e. The van der Waals surface area contributed by atoms with Crippen molar-refractivity contribution in [1.29, 1.82) is 0 Å². The monoisotopic (exact) mass is 961 g/mol. The predicted octanol–water partition coefficient (Wildman–Crippen LogP) is 21.6. The van der Waals surface area contributed by atoms with Gasteiger partial charge in [0.1, 0.15) is 6.61 Å². The largest absolute Gasteiger partial charge is 0.462 e. The molecule has 406 valence electrons. The number of unbranched alkanes of at least 4 members (excludes halogenated alkanes) is 49. The molecule has 0 bridgehead atoms. The number of ether oxygens (including phenoxy) is 3. The summed E-state index contributed by atoms with van der Waals surface area (Å²) in [6.45, 7) is 7.94. The number of hydrogen-bond acceptors (Lipinski definition) is 5. The first kappa shape index (κ1) is 66.9. The molecule has 5 heteroatoms. The zero-order chi connectivity index (χ0) is 49.2. The second-order valence-electron chi connectivity index (χ2n) is 21.7. The van der Waals surface area contributed by atoms with Gasteiger partial charge in [0.15, 0.2) is 6.10 Å². The average molecular weight is 962 g/mol. The van der Waals surface area contributed by atoms with E-state index in [0.29, 0.717) is 26.1 Å². The molecule has 0 rings (SSSR count). The topological polar surface area (TPSA) is 61.8 Å². The molecule has 0 aliphatic rings. The Kier molecular flexibility index (Phi) is 59.2. The fourth-order valence-corrected chi connectivity index (χ4v) is 9.93. The van der Waals surface area contributed by atoms with Crippen LogP contribution in [0.15, 0.2) is 0 Å². The predicted molar refractivity (Wildman–Crippen MR) is 298 cm³/mol. The summed E-state index contributed by atoms with van der Waals surface area (Å²) < 4.78 is 17.6. The molecule has 0 saturated heterocycles. The summed E-state index contributed by atoms with van der Waals surface area (Å²) in [6.07, 6.45) is 69.9. The first-order chi connectivity index (χ1) is 33.6. The molecular formula is C63H124O5. The van der Waals surface area contributed by atoms with Crippen molar-refractivity contribution in [1.82, 2.24) is 0 Å². The minimum atomic E-state index is -0.525. The van der Waals surface area contributed by atoms with Crippen molar-refractivity contribution in [3.05, 3.63) is 0 Å². The maximum Gasteiger partial charge on any atom is 0.306 e. The zero-order valence-corrected chi connectivity index (χ0v) is 46.9. The van der Waals surface area contributed by atoms with Gasteiger partial charge in [-0.3, -0.25) is 9.59 Å². The lowest BCUT2D eigenvalue weighted by Gasteiger charge is -2.18. The van der Waals surface area contributed by atoms with Gasteiger partial charge in [-0.25, -0.2) is 0 Å². The number of esters is 2. The van der Waals surface area contributed by atoms with E-state index in [9.17, 15) is 9.59 Å². The third-order valence-corrected chi connectivity index (χ3v) is 14.6. The molecule has 0 fully saturated rings. The number of carbonyl (C=O) groups is 2. The maximum absolute atomic E-state index is 12.9. The number of carbonyl (C=O) groups excluding carboxylic acids is 2. The van der Waals surface area contributed by atoms with Crippen molar-refractivity contribution in [3.8, 4) is 0 Å². The van der Waals surface area contributed by atoms with Gasteiger partial charge in [0.25, 0.3) is 0 Å². The second kappa shape index (κ2) is 60.2. The SMILES string of the molecule is CCCCCCCCCCCCCCCCCCCCCC(=O)OCC(COCCCCCCCCCCCCCCCC)OC(=O)CCCCCCCCCCCCCCCCCCCCC. The quantitative estimate of drug-likeness (QED) is 0.0449. The highest BCUT2D eigenvalue weighted by atomic mass is 16.6. The molecular weight excluding hydrogens is 837 g/mol. The molecule has 0 aromatic carbocycles. The molecule has 0 aliphatic heterocycles. The first-order valence-corrected chi connectivity index (χ1v) is 31.6. The first-order valence-electron chi connectivity index (χ1n) is 31.6. The Hall–Kier alpha value is -1.10. The molecule has 0 heterocycles. The van der Waals surface area contributed by atoms with Gasteiger partial charge in [0, 0.05) is 19.4 Å². The van der Waals surface area contributed by atoms with Crippen LogP contribution in [0, 0.1) is 0 Å². The van der Waals surface area contributed by atoms with Gasteiger partial charge < -0.3 is 14.2 Å². The Labute approximate surface area is 427 Å². The minimum absolute atomic E-state index is 0.0988. The highest BCUT2D eigenvalue weighted by molar-refractivity contribution is 5.70. The maximum atomic E-state index is 12.9. The van der Waals surface area contributed by atoms with E-state index < -0.39 is 6.10 Å². The third kappa shape index (κ3) is 57.5. The van der Waals surface area contributed by atoms with Crippen molar-refractivity contribution in [2.45, 2.75) is 374 Å². The highest BCUT2D eigenvalue weighted by Gasteiger charge is 2.18. The van der Waals surface area contributed by atoms with Crippen molar-refractivity contribution in [3.63, 3.8) is 0 Å². The lowest BCUT2D eigenvalue weighted by atomic mass is 10.0. The van der Waals surface area contributed by atoms with Gasteiger partial charge in [-0.15, -0.1) is 0 Å². The molecule has 0 aromatic rings. The van der Waals surface area contributed by atoms with E-state index in [1.54, 1.807) is 0 Å². The van der Waals surface area contributed by atoms with Crippen LogP contribution >= 0.6 is 0 Å². The van der Waals surface area contributed by atoms with E-state index in [0.717, 1.165) is 32.1 Å². The van der Waals surface area contributed by atoms with Crippen LogP contribution in [0.3, 0.4) is 0 Å². The fraction of sp³-hybridized carbons (Fsp3) is 0.968. The average Bonchev–Trinajstić information content (AvgIpc) is 3.34. The third-order valence-electron chi connectivity index (χ3n) is 14.6. The summed E-state index contributed by atoms with van der Waals surface area (Å²) in [6, 6.07) is 0. The molecule has 0 aliphatic carbocycles. The molecule has 0 radical (unpaired) electrons. The summed E-state index contributed by atoms with van der Waals surface area (Å²) in [7, 11) is 0. The van der Waals surface area contributed by atoms with E-state index in [2.05, 4.69) is 20.8 Å². The van der Waals surface area contributed by atoms with Gasteiger partial charge in [0.2, 0.25) is 0 Å². The van der Waals surface area contributed by atoms with E-state index in [1.807, 2.05) is 0 Å². The summed E-state index contributed by atoms with van der Waals surface area (Å²) in [5.41, 5.74) is 0. The Balaban J connectivity index is 4.15. The van der Waals surface area contributed by atoms with E-state index in [-0.39, 0.29) is 18.5 Å². The van der Waals surface area contributed by atoms with Gasteiger partial charge in [-0.2, -0.15) is 0 Å². The summed E-state index contributed by atoms with van der Waals surface area (Å²) in [5, 5.41) is 0. The summed E-state index contributed by atoms with van der Waals surface area (Å²) in [5.74, 6) is -0.360. The van der Waals surface area contributed by atoms with E-state index >= 15 is 0 Å². The molecule has 0 spiro atoms. The van der Waals surface area contributed by atoms with Gasteiger partial charge in [-0.05, 0) is 19.3 Å². The molecule has 0 N–H and O–H groups in total. The van der Waals surface area contributed by atoms with Crippen LogP contribution in [0.2, 0.25) is 0 Å². The van der Waals surface area contributed by atoms with Crippen LogP contribution in [0.5, 0.6) is 0 Å². The molecule has 1 atom stereocenters. The zero-order valence-electron chi connectivity index (χ0n) is 46.9. The van der Waals surface area contributed by atoms with Gasteiger partial charge >= 0.3 is 11.9 Å². The molecule has 5 nitrogen and oxygen atoms in total. The Bertz CT molecular complexity index is 952. The van der Waals surface area contributed by atoms with Crippen molar-refractivity contribution >= 4 is 11.9 Å². The van der Waals surface area contributed by atoms with Crippen LogP contribution in [-0.4, -0.2) is 37.9 Å². The van der Waals surface area contributed by atoms with Crippen molar-refractivity contribution in [2.75, 3.05) is 19.8 Å². The fourth-order valence-electron chi connectivity index (χ4n) is 9.93. The normalized spacial score (nSPS) is 12.0. The second-order valence-corrected chi connectivity index (χ2v) is 21.7. The summed E-state index contributed by atoms with van der Waals surface area (Å²) >= 11 is 0. The lowest BCUT2D eigenvalue weighted by molar-refractivity contribution is -0.163. The lowest BCUT2D eigenvalue weighted by Crippen LogP contribution is -2.30. The highest BCUT2D eigenvalue weighted by Crippen LogP contribution is 2.18. The Morgan fingerprint density at radius 3 is 0.750 bits per heavy atom. The van der Waals surface area contributed by atoms with Gasteiger partial charge in [-0.1, -0.05) is 335 Å². The van der Waals surface area contributed by atoms with E-state index in [4.69, 9.17) is 14.2 Å². The van der Waals surface area contributed by atoms with Crippen LogP contribution in [0.4, 0.5) is 0 Å². The van der Waals surface area contributed by atoms with Crippen LogP contribution < -0.4 is 0 Å². The molecule has 68 heavy (non-hydrogen) atoms.